The zero-order valence-corrected chi connectivity index (χ0v) is 11.8. The van der Waals surface area contributed by atoms with Gasteiger partial charge in [-0.3, -0.25) is 9.00 Å². The van der Waals surface area contributed by atoms with Gasteiger partial charge in [0.15, 0.2) is 0 Å². The minimum atomic E-state index is -1.11. The molecule has 0 fully saturated rings. The number of nitrogens with two attached hydrogens (primary N) is 1. The highest BCUT2D eigenvalue weighted by Gasteiger charge is 2.11. The Morgan fingerprint density at radius 3 is 2.72 bits per heavy atom. The Bertz CT molecular complexity index is 458. The third kappa shape index (κ3) is 4.87. The summed E-state index contributed by atoms with van der Waals surface area (Å²) in [5.74, 6) is 0.672. The first-order valence-corrected chi connectivity index (χ1v) is 7.38. The van der Waals surface area contributed by atoms with Gasteiger partial charge in [-0.05, 0) is 30.5 Å². The Balaban J connectivity index is 2.59. The molecule has 0 spiro atoms. The lowest BCUT2D eigenvalue weighted by Gasteiger charge is -2.09. The minimum absolute atomic E-state index is 0.0341. The zero-order chi connectivity index (χ0) is 13.7. The number of aryl methyl sites for hydroxylation is 1. The first-order valence-electron chi connectivity index (χ1n) is 5.89. The maximum Gasteiger partial charge on any atom is 0.236 e. The summed E-state index contributed by atoms with van der Waals surface area (Å²) in [4.78, 5) is 11.7. The fourth-order valence-electron chi connectivity index (χ4n) is 1.54. The first-order chi connectivity index (χ1) is 8.38. The Morgan fingerprint density at radius 2 is 2.11 bits per heavy atom. The summed E-state index contributed by atoms with van der Waals surface area (Å²) >= 11 is 0. The number of hydrogen-bond acceptors (Lipinski definition) is 3. The van der Waals surface area contributed by atoms with Crippen LogP contribution in [0.15, 0.2) is 18.2 Å². The van der Waals surface area contributed by atoms with E-state index in [0.717, 1.165) is 5.56 Å². The average molecular weight is 268 g/mol. The van der Waals surface area contributed by atoms with Crippen LogP contribution in [0.3, 0.4) is 0 Å². The monoisotopic (exact) mass is 268 g/mol. The zero-order valence-electron chi connectivity index (χ0n) is 11.0. The van der Waals surface area contributed by atoms with Crippen molar-refractivity contribution in [3.8, 4) is 0 Å². The van der Waals surface area contributed by atoms with Crippen molar-refractivity contribution in [1.82, 2.24) is 0 Å². The van der Waals surface area contributed by atoms with E-state index in [-0.39, 0.29) is 11.7 Å². The molecule has 1 aromatic rings. The van der Waals surface area contributed by atoms with Crippen molar-refractivity contribution >= 4 is 28.1 Å². The van der Waals surface area contributed by atoms with E-state index in [4.69, 9.17) is 5.73 Å². The van der Waals surface area contributed by atoms with Crippen LogP contribution in [0.2, 0.25) is 0 Å². The predicted molar refractivity (Wildman–Crippen MR) is 76.9 cm³/mol. The molecule has 1 unspecified atom stereocenters. The molecular weight excluding hydrogens is 248 g/mol. The Labute approximate surface area is 110 Å². The number of carbonyl (C=O) groups is 1. The van der Waals surface area contributed by atoms with Gasteiger partial charge in [-0.25, -0.2) is 0 Å². The summed E-state index contributed by atoms with van der Waals surface area (Å²) < 4.78 is 11.6. The van der Waals surface area contributed by atoms with Crippen LogP contribution in [-0.4, -0.2) is 21.6 Å². The van der Waals surface area contributed by atoms with E-state index in [0.29, 0.717) is 23.0 Å². The number of nitrogen functional groups attached to an aromatic ring is 1. The molecule has 0 aliphatic carbocycles. The van der Waals surface area contributed by atoms with Gasteiger partial charge in [0.05, 0.1) is 0 Å². The van der Waals surface area contributed by atoms with Crippen molar-refractivity contribution < 1.29 is 9.00 Å². The molecule has 18 heavy (non-hydrogen) atoms. The average Bonchev–Trinajstić information content (AvgIpc) is 2.21. The molecule has 0 aromatic heterocycles. The molecule has 1 amide bonds. The van der Waals surface area contributed by atoms with Crippen molar-refractivity contribution in [2.24, 2.45) is 5.92 Å². The Kier molecular flexibility index (Phi) is 5.34. The standard InChI is InChI=1S/C13H20N2O2S/c1-9(2)7-18(17)8-13(16)15-12-6-11(14)5-4-10(12)3/h4-6,9H,7-8,14H2,1-3H3,(H,15,16). The SMILES string of the molecule is Cc1ccc(N)cc1NC(=O)CS(=O)CC(C)C. The highest BCUT2D eigenvalue weighted by Crippen LogP contribution is 2.17. The minimum Gasteiger partial charge on any atom is -0.399 e. The molecule has 5 heteroatoms. The molecule has 0 radical (unpaired) electrons. The van der Waals surface area contributed by atoms with Crippen LogP contribution in [0.4, 0.5) is 11.4 Å². The third-order valence-electron chi connectivity index (χ3n) is 2.35. The van der Waals surface area contributed by atoms with E-state index >= 15 is 0 Å². The van der Waals surface area contributed by atoms with Gasteiger partial charge in [-0.2, -0.15) is 0 Å². The maximum absolute atomic E-state index is 11.7. The smallest absolute Gasteiger partial charge is 0.236 e. The maximum atomic E-state index is 11.7. The Morgan fingerprint density at radius 1 is 1.44 bits per heavy atom. The van der Waals surface area contributed by atoms with E-state index < -0.39 is 10.8 Å². The summed E-state index contributed by atoms with van der Waals surface area (Å²) in [6, 6.07) is 5.33. The normalized spacial score (nSPS) is 12.4. The van der Waals surface area contributed by atoms with Crippen LogP contribution < -0.4 is 11.1 Å². The van der Waals surface area contributed by atoms with Gasteiger partial charge in [0, 0.05) is 27.9 Å². The fraction of sp³-hybridized carbons (Fsp3) is 0.462. The van der Waals surface area contributed by atoms with Gasteiger partial charge < -0.3 is 11.1 Å². The van der Waals surface area contributed by atoms with E-state index in [1.54, 1.807) is 12.1 Å². The molecule has 0 saturated heterocycles. The lowest BCUT2D eigenvalue weighted by molar-refractivity contribution is -0.113. The molecule has 1 rings (SSSR count). The van der Waals surface area contributed by atoms with Crippen molar-refractivity contribution in [2.45, 2.75) is 20.8 Å². The molecule has 4 nitrogen and oxygen atoms in total. The number of anilines is 2. The molecule has 3 N–H and O–H groups in total. The van der Waals surface area contributed by atoms with E-state index in [2.05, 4.69) is 5.32 Å². The summed E-state index contributed by atoms with van der Waals surface area (Å²) in [6.07, 6.45) is 0. The molecule has 1 aromatic carbocycles. The van der Waals surface area contributed by atoms with E-state index in [1.165, 1.54) is 0 Å². The van der Waals surface area contributed by atoms with Crippen LogP contribution in [0.5, 0.6) is 0 Å². The van der Waals surface area contributed by atoms with Crippen molar-refractivity contribution in [1.29, 1.82) is 0 Å². The molecule has 0 heterocycles. The number of benzene rings is 1. The number of nitrogens with one attached hydrogen (secondary N) is 1. The van der Waals surface area contributed by atoms with Gasteiger partial charge in [0.2, 0.25) is 5.91 Å². The number of rotatable bonds is 5. The second-order valence-corrected chi connectivity index (χ2v) is 6.27. The van der Waals surface area contributed by atoms with Gasteiger partial charge in [-0.15, -0.1) is 0 Å². The summed E-state index contributed by atoms with van der Waals surface area (Å²) in [5.41, 5.74) is 7.87. The molecular formula is C13H20N2O2S. The fourth-order valence-corrected chi connectivity index (χ4v) is 2.76. The third-order valence-corrected chi connectivity index (χ3v) is 3.97. The van der Waals surface area contributed by atoms with Crippen molar-refractivity contribution in [3.63, 3.8) is 0 Å². The van der Waals surface area contributed by atoms with Gasteiger partial charge in [-0.1, -0.05) is 19.9 Å². The molecule has 0 aliphatic heterocycles. The topological polar surface area (TPSA) is 72.2 Å². The molecule has 1 atom stereocenters. The van der Waals surface area contributed by atoms with Crippen LogP contribution in [0.25, 0.3) is 0 Å². The molecule has 0 saturated carbocycles. The highest BCUT2D eigenvalue weighted by atomic mass is 32.2. The van der Waals surface area contributed by atoms with Gasteiger partial charge in [0.1, 0.15) is 5.75 Å². The van der Waals surface area contributed by atoms with Crippen molar-refractivity contribution in [2.75, 3.05) is 22.6 Å². The van der Waals surface area contributed by atoms with E-state index in [9.17, 15) is 9.00 Å². The second-order valence-electron chi connectivity index (χ2n) is 4.77. The second kappa shape index (κ2) is 6.54. The van der Waals surface area contributed by atoms with Crippen molar-refractivity contribution in [3.05, 3.63) is 23.8 Å². The summed E-state index contributed by atoms with van der Waals surface area (Å²) in [7, 11) is -1.11. The molecule has 0 aliphatic rings. The molecule has 0 bridgehead atoms. The Hall–Kier alpha value is -1.36. The predicted octanol–water partition coefficient (Wildman–Crippen LogP) is 1.92. The molecule has 100 valence electrons. The van der Waals surface area contributed by atoms with Crippen LogP contribution in [0.1, 0.15) is 19.4 Å². The van der Waals surface area contributed by atoms with Crippen LogP contribution in [0, 0.1) is 12.8 Å². The van der Waals surface area contributed by atoms with Gasteiger partial charge >= 0.3 is 0 Å². The summed E-state index contributed by atoms with van der Waals surface area (Å²) in [6.45, 7) is 5.86. The largest absolute Gasteiger partial charge is 0.399 e. The first kappa shape index (κ1) is 14.7. The number of carbonyl (C=O) groups excluding carboxylic acids is 1. The number of hydrogen-bond donors (Lipinski definition) is 2. The lowest BCUT2D eigenvalue weighted by Crippen LogP contribution is -2.22. The van der Waals surface area contributed by atoms with Gasteiger partial charge in [0.25, 0.3) is 0 Å². The summed E-state index contributed by atoms with van der Waals surface area (Å²) in [5, 5.41) is 2.74. The lowest BCUT2D eigenvalue weighted by atomic mass is 10.2. The quantitative estimate of drug-likeness (QED) is 0.801. The van der Waals surface area contributed by atoms with Crippen LogP contribution in [-0.2, 0) is 15.6 Å². The highest BCUT2D eigenvalue weighted by molar-refractivity contribution is 7.85. The van der Waals surface area contributed by atoms with E-state index in [1.807, 2.05) is 26.8 Å². The van der Waals surface area contributed by atoms with Crippen LogP contribution >= 0.6 is 0 Å². The number of amides is 1.